The lowest BCUT2D eigenvalue weighted by Gasteiger charge is -2.35. The Kier molecular flexibility index (Phi) is 5.76. The number of likely N-dealkylation sites (N-methyl/N-ethyl adjacent to an activating group) is 1. The molecule has 1 aromatic rings. The van der Waals surface area contributed by atoms with Gasteiger partial charge in [0.25, 0.3) is 0 Å². The van der Waals surface area contributed by atoms with Gasteiger partial charge in [0.2, 0.25) is 0 Å². The molecule has 3 heteroatoms. The number of benzene rings is 1. The quantitative estimate of drug-likeness (QED) is 0.806. The van der Waals surface area contributed by atoms with E-state index in [2.05, 4.69) is 26.1 Å². The lowest BCUT2D eigenvalue weighted by Crippen LogP contribution is -2.50. The Morgan fingerprint density at radius 2 is 2.06 bits per heavy atom. The minimum atomic E-state index is -0.267. The average Bonchev–Trinajstić information content (AvgIpc) is 2.28. The number of ether oxygens (including phenoxy) is 1. The molecule has 0 saturated heterocycles. The molecule has 0 spiro atoms. The molecule has 0 aliphatic rings. The van der Waals surface area contributed by atoms with Crippen LogP contribution < -0.4 is 5.32 Å². The average molecular weight is 253 g/mol. The highest BCUT2D eigenvalue weighted by Crippen LogP contribution is 2.19. The van der Waals surface area contributed by atoms with Gasteiger partial charge < -0.3 is 10.1 Å². The van der Waals surface area contributed by atoms with E-state index in [-0.39, 0.29) is 17.5 Å². The third kappa shape index (κ3) is 4.39. The molecule has 1 N–H and O–H groups in total. The van der Waals surface area contributed by atoms with Crippen LogP contribution in [0.5, 0.6) is 0 Å². The van der Waals surface area contributed by atoms with Gasteiger partial charge in [0, 0.05) is 12.6 Å². The van der Waals surface area contributed by atoms with Crippen molar-refractivity contribution >= 4 is 0 Å². The van der Waals surface area contributed by atoms with Crippen LogP contribution in [0.1, 0.15) is 33.3 Å². The molecule has 1 unspecified atom stereocenters. The molecule has 2 nitrogen and oxygen atoms in total. The molecule has 0 aromatic heterocycles. The molecule has 102 valence electrons. The molecule has 0 bridgehead atoms. The van der Waals surface area contributed by atoms with Crippen molar-refractivity contribution in [3.8, 4) is 0 Å². The van der Waals surface area contributed by atoms with Crippen molar-refractivity contribution in [2.75, 3.05) is 13.2 Å². The Hall–Kier alpha value is -0.930. The Morgan fingerprint density at radius 3 is 2.61 bits per heavy atom. The lowest BCUT2D eigenvalue weighted by molar-refractivity contribution is -0.0377. The van der Waals surface area contributed by atoms with Crippen molar-refractivity contribution in [1.29, 1.82) is 0 Å². The van der Waals surface area contributed by atoms with E-state index in [9.17, 15) is 4.39 Å². The van der Waals surface area contributed by atoms with Crippen molar-refractivity contribution in [1.82, 2.24) is 5.32 Å². The second-order valence-corrected chi connectivity index (χ2v) is 4.98. The second-order valence-electron chi connectivity index (χ2n) is 4.98. The minimum Gasteiger partial charge on any atom is -0.374 e. The first kappa shape index (κ1) is 15.1. The number of halogens is 1. The largest absolute Gasteiger partial charge is 0.374 e. The predicted octanol–water partition coefficient (Wildman–Crippen LogP) is 3.16. The van der Waals surface area contributed by atoms with E-state index in [1.807, 2.05) is 13.0 Å². The van der Waals surface area contributed by atoms with Gasteiger partial charge in [-0.3, -0.25) is 0 Å². The fraction of sp³-hybridized carbons (Fsp3) is 0.600. The van der Waals surface area contributed by atoms with Crippen molar-refractivity contribution in [3.05, 3.63) is 35.6 Å². The van der Waals surface area contributed by atoms with E-state index in [1.54, 1.807) is 12.1 Å². The zero-order valence-corrected chi connectivity index (χ0v) is 11.8. The molecule has 1 aromatic carbocycles. The van der Waals surface area contributed by atoms with E-state index in [4.69, 9.17) is 4.74 Å². The van der Waals surface area contributed by atoms with Crippen LogP contribution >= 0.6 is 0 Å². The highest BCUT2D eigenvalue weighted by Gasteiger charge is 2.29. The lowest BCUT2D eigenvalue weighted by atomic mass is 9.92. The van der Waals surface area contributed by atoms with Gasteiger partial charge in [0.05, 0.1) is 5.60 Å². The molecule has 0 radical (unpaired) electrons. The number of rotatable bonds is 7. The van der Waals surface area contributed by atoms with Gasteiger partial charge in [-0.25, -0.2) is 4.39 Å². The summed E-state index contributed by atoms with van der Waals surface area (Å²) in [6.45, 7) is 9.76. The zero-order chi connectivity index (χ0) is 13.6. The van der Waals surface area contributed by atoms with Gasteiger partial charge in [-0.2, -0.15) is 0 Å². The molecule has 0 heterocycles. The maximum absolute atomic E-state index is 13.2. The number of nitrogens with one attached hydrogen (secondary N) is 1. The van der Waals surface area contributed by atoms with Crippen molar-refractivity contribution in [2.45, 2.75) is 45.8 Å². The fourth-order valence-electron chi connectivity index (χ4n) is 2.18. The maximum atomic E-state index is 13.2. The summed E-state index contributed by atoms with van der Waals surface area (Å²) in [6.07, 6.45) is 0.763. The monoisotopic (exact) mass is 253 g/mol. The minimum absolute atomic E-state index is 0.171. The van der Waals surface area contributed by atoms with Crippen LogP contribution in [0.3, 0.4) is 0 Å². The van der Waals surface area contributed by atoms with Gasteiger partial charge in [0.15, 0.2) is 0 Å². The Bertz CT molecular complexity index is 365. The Morgan fingerprint density at radius 1 is 1.33 bits per heavy atom. The van der Waals surface area contributed by atoms with Gasteiger partial charge in [-0.15, -0.1) is 0 Å². The first-order valence-electron chi connectivity index (χ1n) is 6.61. The molecule has 1 atom stereocenters. The smallest absolute Gasteiger partial charge is 0.123 e. The topological polar surface area (TPSA) is 21.3 Å². The molecule has 0 fully saturated rings. The van der Waals surface area contributed by atoms with Crippen LogP contribution in [-0.4, -0.2) is 24.8 Å². The second kappa shape index (κ2) is 6.86. The van der Waals surface area contributed by atoms with Crippen LogP contribution in [-0.2, 0) is 11.2 Å². The van der Waals surface area contributed by atoms with E-state index in [0.29, 0.717) is 6.61 Å². The summed E-state index contributed by atoms with van der Waals surface area (Å²) in [5.41, 5.74) is 0.727. The third-order valence-electron chi connectivity index (χ3n) is 3.13. The molecule has 0 saturated carbocycles. The summed E-state index contributed by atoms with van der Waals surface area (Å²) in [7, 11) is 0. The van der Waals surface area contributed by atoms with E-state index in [0.717, 1.165) is 18.5 Å². The first-order valence-corrected chi connectivity index (χ1v) is 6.61. The predicted molar refractivity (Wildman–Crippen MR) is 73.3 cm³/mol. The SMILES string of the molecule is CCNC(Cc1cccc(F)c1)C(C)(C)OCC. The summed E-state index contributed by atoms with van der Waals surface area (Å²) >= 11 is 0. The molecule has 1 rings (SSSR count). The molecule has 0 aliphatic carbocycles. The summed E-state index contributed by atoms with van der Waals surface area (Å²) in [5, 5.41) is 3.43. The first-order chi connectivity index (χ1) is 8.49. The van der Waals surface area contributed by atoms with E-state index in [1.165, 1.54) is 6.07 Å². The highest BCUT2D eigenvalue weighted by atomic mass is 19.1. The fourth-order valence-corrected chi connectivity index (χ4v) is 2.18. The summed E-state index contributed by atoms with van der Waals surface area (Å²) < 4.78 is 19.0. The Labute approximate surface area is 110 Å². The molecule has 0 aliphatic heterocycles. The van der Waals surface area contributed by atoms with Crippen molar-refractivity contribution < 1.29 is 9.13 Å². The maximum Gasteiger partial charge on any atom is 0.123 e. The van der Waals surface area contributed by atoms with Gasteiger partial charge >= 0.3 is 0 Å². The summed E-state index contributed by atoms with van der Waals surface area (Å²) in [6, 6.07) is 6.94. The molecular formula is C15H24FNO. The summed E-state index contributed by atoms with van der Waals surface area (Å²) in [5.74, 6) is -0.183. The molecular weight excluding hydrogens is 229 g/mol. The standard InChI is InChI=1S/C15H24FNO/c1-5-17-14(15(3,4)18-6-2)11-12-8-7-9-13(16)10-12/h7-10,14,17H,5-6,11H2,1-4H3. The van der Waals surface area contributed by atoms with Gasteiger partial charge in [-0.05, 0) is 51.4 Å². The van der Waals surface area contributed by atoms with Crippen LogP contribution in [0.15, 0.2) is 24.3 Å². The van der Waals surface area contributed by atoms with Crippen LogP contribution in [0.25, 0.3) is 0 Å². The highest BCUT2D eigenvalue weighted by molar-refractivity contribution is 5.18. The Balaban J connectivity index is 2.79. The van der Waals surface area contributed by atoms with Gasteiger partial charge in [-0.1, -0.05) is 19.1 Å². The number of hydrogen-bond acceptors (Lipinski definition) is 2. The van der Waals surface area contributed by atoms with Crippen LogP contribution in [0.4, 0.5) is 4.39 Å². The van der Waals surface area contributed by atoms with Crippen molar-refractivity contribution in [2.24, 2.45) is 0 Å². The van der Waals surface area contributed by atoms with Crippen LogP contribution in [0, 0.1) is 5.82 Å². The van der Waals surface area contributed by atoms with Crippen molar-refractivity contribution in [3.63, 3.8) is 0 Å². The van der Waals surface area contributed by atoms with E-state index >= 15 is 0 Å². The molecule has 18 heavy (non-hydrogen) atoms. The van der Waals surface area contributed by atoms with Gasteiger partial charge in [0.1, 0.15) is 5.82 Å². The number of hydrogen-bond donors (Lipinski definition) is 1. The summed E-state index contributed by atoms with van der Waals surface area (Å²) in [4.78, 5) is 0. The third-order valence-corrected chi connectivity index (χ3v) is 3.13. The van der Waals surface area contributed by atoms with E-state index < -0.39 is 0 Å². The normalized spacial score (nSPS) is 13.6. The molecule has 0 amide bonds. The van der Waals surface area contributed by atoms with Crippen LogP contribution in [0.2, 0.25) is 0 Å². The zero-order valence-electron chi connectivity index (χ0n) is 11.8.